The van der Waals surface area contributed by atoms with E-state index < -0.39 is 35.7 Å². The van der Waals surface area contributed by atoms with E-state index >= 15 is 0 Å². The molecule has 6 heteroatoms. The van der Waals surface area contributed by atoms with E-state index in [2.05, 4.69) is 5.32 Å². The molecule has 0 unspecified atom stereocenters. The molecule has 0 radical (unpaired) electrons. The van der Waals surface area contributed by atoms with E-state index in [-0.39, 0.29) is 0 Å². The average Bonchev–Trinajstić information content (AvgIpc) is 2.58. The van der Waals surface area contributed by atoms with Crippen LogP contribution in [0.25, 0.3) is 0 Å². The number of carbonyl (C=O) groups is 2. The Bertz CT molecular complexity index is 715. The number of amides is 2. The van der Waals surface area contributed by atoms with Crippen molar-refractivity contribution in [3.63, 3.8) is 0 Å². The van der Waals surface area contributed by atoms with Gasteiger partial charge in [0.05, 0.1) is 0 Å². The van der Waals surface area contributed by atoms with Crippen molar-refractivity contribution in [2.45, 2.75) is 19.8 Å². The standard InChI is InChI=1S/C19H20F2N2O2/c1-14(24)23(19-16(20)10-5-11-17(19)21)13-18(25)22-12-6-9-15-7-3-2-4-8-15/h2-5,7-8,10-11H,6,9,12-13H2,1H3,(H,22,25). The number of rotatable bonds is 7. The number of halogens is 2. The van der Waals surface area contributed by atoms with Gasteiger partial charge in [0.2, 0.25) is 11.8 Å². The van der Waals surface area contributed by atoms with Gasteiger partial charge in [-0.2, -0.15) is 0 Å². The molecule has 0 saturated carbocycles. The molecule has 0 fully saturated rings. The second-order valence-corrected chi connectivity index (χ2v) is 5.61. The Morgan fingerprint density at radius 1 is 1.00 bits per heavy atom. The third-order valence-corrected chi connectivity index (χ3v) is 3.70. The number of hydrogen-bond acceptors (Lipinski definition) is 2. The van der Waals surface area contributed by atoms with Crippen molar-refractivity contribution in [3.05, 3.63) is 65.7 Å². The lowest BCUT2D eigenvalue weighted by Crippen LogP contribution is -2.41. The molecule has 0 bridgehead atoms. The zero-order valence-corrected chi connectivity index (χ0v) is 14.0. The number of hydrogen-bond donors (Lipinski definition) is 1. The number of aryl methyl sites for hydroxylation is 1. The summed E-state index contributed by atoms with van der Waals surface area (Å²) in [6, 6.07) is 13.1. The van der Waals surface area contributed by atoms with E-state index in [0.29, 0.717) is 6.54 Å². The topological polar surface area (TPSA) is 49.4 Å². The normalized spacial score (nSPS) is 10.4. The van der Waals surface area contributed by atoms with Crippen LogP contribution in [0.2, 0.25) is 0 Å². The van der Waals surface area contributed by atoms with Crippen LogP contribution in [0, 0.1) is 11.6 Å². The van der Waals surface area contributed by atoms with E-state index in [0.717, 1.165) is 42.4 Å². The molecule has 0 spiro atoms. The van der Waals surface area contributed by atoms with Crippen LogP contribution < -0.4 is 10.2 Å². The molecule has 0 aromatic heterocycles. The minimum Gasteiger partial charge on any atom is -0.355 e. The van der Waals surface area contributed by atoms with Crippen molar-refractivity contribution in [1.82, 2.24) is 5.32 Å². The maximum atomic E-state index is 13.8. The number of nitrogens with one attached hydrogen (secondary N) is 1. The summed E-state index contributed by atoms with van der Waals surface area (Å²) in [5.74, 6) is -2.84. The van der Waals surface area contributed by atoms with E-state index in [4.69, 9.17) is 0 Å². The summed E-state index contributed by atoms with van der Waals surface area (Å²) < 4.78 is 27.7. The third kappa shape index (κ3) is 5.38. The smallest absolute Gasteiger partial charge is 0.240 e. The predicted molar refractivity (Wildman–Crippen MR) is 92.2 cm³/mol. The molecule has 2 aromatic carbocycles. The molecule has 1 N–H and O–H groups in total. The first kappa shape index (κ1) is 18.6. The Balaban J connectivity index is 1.89. The minimum atomic E-state index is -0.882. The number of anilines is 1. The Kier molecular flexibility index (Phi) is 6.62. The number of benzene rings is 2. The van der Waals surface area contributed by atoms with Crippen molar-refractivity contribution in [2.75, 3.05) is 18.0 Å². The van der Waals surface area contributed by atoms with E-state index in [1.54, 1.807) is 0 Å². The lowest BCUT2D eigenvalue weighted by atomic mass is 10.1. The Hall–Kier alpha value is -2.76. The van der Waals surface area contributed by atoms with Gasteiger partial charge in [0.1, 0.15) is 23.9 Å². The Morgan fingerprint density at radius 2 is 1.64 bits per heavy atom. The maximum absolute atomic E-state index is 13.8. The summed E-state index contributed by atoms with van der Waals surface area (Å²) in [6.07, 6.45) is 1.53. The fourth-order valence-corrected chi connectivity index (χ4v) is 2.46. The highest BCUT2D eigenvalue weighted by atomic mass is 19.1. The summed E-state index contributed by atoms with van der Waals surface area (Å²) in [5.41, 5.74) is 0.657. The van der Waals surface area contributed by atoms with Gasteiger partial charge in [0.15, 0.2) is 0 Å². The maximum Gasteiger partial charge on any atom is 0.240 e. The summed E-state index contributed by atoms with van der Waals surface area (Å²) in [5, 5.41) is 2.67. The second kappa shape index (κ2) is 8.92. The van der Waals surface area contributed by atoms with Gasteiger partial charge in [-0.1, -0.05) is 36.4 Å². The van der Waals surface area contributed by atoms with Gasteiger partial charge in [0.25, 0.3) is 0 Å². The number of nitrogens with zero attached hydrogens (tertiary/aromatic N) is 1. The molecule has 0 aliphatic carbocycles. The molecule has 2 aromatic rings. The van der Waals surface area contributed by atoms with Crippen LogP contribution in [-0.4, -0.2) is 24.9 Å². The molecular formula is C19H20F2N2O2. The van der Waals surface area contributed by atoms with Crippen LogP contribution in [0.4, 0.5) is 14.5 Å². The van der Waals surface area contributed by atoms with Gasteiger partial charge < -0.3 is 5.32 Å². The lowest BCUT2D eigenvalue weighted by molar-refractivity contribution is -0.123. The quantitative estimate of drug-likeness (QED) is 0.784. The van der Waals surface area contributed by atoms with Gasteiger partial charge in [0, 0.05) is 13.5 Å². The molecule has 4 nitrogen and oxygen atoms in total. The highest BCUT2D eigenvalue weighted by molar-refractivity contribution is 5.97. The zero-order chi connectivity index (χ0) is 18.2. The Morgan fingerprint density at radius 3 is 2.24 bits per heavy atom. The van der Waals surface area contributed by atoms with E-state index in [9.17, 15) is 18.4 Å². The van der Waals surface area contributed by atoms with Crippen LogP contribution >= 0.6 is 0 Å². The van der Waals surface area contributed by atoms with Crippen molar-refractivity contribution in [3.8, 4) is 0 Å². The van der Waals surface area contributed by atoms with Crippen molar-refractivity contribution >= 4 is 17.5 Å². The second-order valence-electron chi connectivity index (χ2n) is 5.61. The molecule has 25 heavy (non-hydrogen) atoms. The molecule has 0 aliphatic heterocycles. The average molecular weight is 346 g/mol. The summed E-state index contributed by atoms with van der Waals surface area (Å²) in [4.78, 5) is 24.5. The molecule has 0 atom stereocenters. The number of para-hydroxylation sites is 1. The molecule has 0 saturated heterocycles. The van der Waals surface area contributed by atoms with Crippen LogP contribution in [0.5, 0.6) is 0 Å². The minimum absolute atomic E-state index is 0.416. The SMILES string of the molecule is CC(=O)N(CC(=O)NCCCc1ccccc1)c1c(F)cccc1F. The van der Waals surface area contributed by atoms with Gasteiger partial charge in [-0.05, 0) is 30.5 Å². The largest absolute Gasteiger partial charge is 0.355 e. The number of carbonyl (C=O) groups excluding carboxylic acids is 2. The monoisotopic (exact) mass is 346 g/mol. The van der Waals surface area contributed by atoms with Crippen molar-refractivity contribution < 1.29 is 18.4 Å². The first-order chi connectivity index (χ1) is 12.0. The van der Waals surface area contributed by atoms with Gasteiger partial charge in [-0.3, -0.25) is 14.5 Å². The van der Waals surface area contributed by atoms with Crippen molar-refractivity contribution in [1.29, 1.82) is 0 Å². The van der Waals surface area contributed by atoms with Crippen molar-refractivity contribution in [2.24, 2.45) is 0 Å². The Labute approximate surface area is 145 Å². The molecule has 132 valence electrons. The van der Waals surface area contributed by atoms with Gasteiger partial charge in [-0.15, -0.1) is 0 Å². The fourth-order valence-electron chi connectivity index (χ4n) is 2.46. The highest BCUT2D eigenvalue weighted by Gasteiger charge is 2.22. The van der Waals surface area contributed by atoms with Crippen LogP contribution in [-0.2, 0) is 16.0 Å². The lowest BCUT2D eigenvalue weighted by Gasteiger charge is -2.21. The molecule has 2 rings (SSSR count). The van der Waals surface area contributed by atoms with E-state index in [1.165, 1.54) is 6.07 Å². The third-order valence-electron chi connectivity index (χ3n) is 3.70. The molecule has 0 aliphatic rings. The van der Waals surface area contributed by atoms with Crippen LogP contribution in [0.1, 0.15) is 18.9 Å². The highest BCUT2D eigenvalue weighted by Crippen LogP contribution is 2.23. The summed E-state index contributed by atoms with van der Waals surface area (Å²) in [6.45, 7) is 1.15. The van der Waals surface area contributed by atoms with E-state index in [1.807, 2.05) is 30.3 Å². The van der Waals surface area contributed by atoms with Crippen LogP contribution in [0.15, 0.2) is 48.5 Å². The predicted octanol–water partition coefficient (Wildman–Crippen LogP) is 3.07. The first-order valence-electron chi connectivity index (χ1n) is 8.02. The van der Waals surface area contributed by atoms with Gasteiger partial charge in [-0.25, -0.2) is 8.78 Å². The zero-order valence-electron chi connectivity index (χ0n) is 14.0. The molecule has 2 amide bonds. The summed E-state index contributed by atoms with van der Waals surface area (Å²) >= 11 is 0. The molecular weight excluding hydrogens is 326 g/mol. The first-order valence-corrected chi connectivity index (χ1v) is 8.02. The van der Waals surface area contributed by atoms with Gasteiger partial charge >= 0.3 is 0 Å². The fraction of sp³-hybridized carbons (Fsp3) is 0.263. The van der Waals surface area contributed by atoms with Crippen LogP contribution in [0.3, 0.4) is 0 Å². The summed E-state index contributed by atoms with van der Waals surface area (Å²) in [7, 11) is 0. The molecule has 0 heterocycles.